The van der Waals surface area contributed by atoms with Crippen LogP contribution in [0, 0.1) is 5.92 Å². The first-order chi connectivity index (χ1) is 15.1. The van der Waals surface area contributed by atoms with E-state index in [9.17, 15) is 13.2 Å². The fraction of sp³-hybridized carbons (Fsp3) is 0.480. The molecule has 1 fully saturated rings. The van der Waals surface area contributed by atoms with E-state index >= 15 is 0 Å². The summed E-state index contributed by atoms with van der Waals surface area (Å²) < 4.78 is 40.0. The van der Waals surface area contributed by atoms with Crippen molar-refractivity contribution in [2.75, 3.05) is 7.11 Å². The maximum absolute atomic E-state index is 13.8. The number of methoxy groups -OCH3 is 1. The molecule has 0 heterocycles. The van der Waals surface area contributed by atoms with Crippen molar-refractivity contribution in [2.45, 2.75) is 69.5 Å². The molecule has 0 unspecified atom stereocenters. The van der Waals surface area contributed by atoms with Crippen molar-refractivity contribution < 1.29 is 22.7 Å². The number of esters is 1. The van der Waals surface area contributed by atoms with Gasteiger partial charge in [0, 0.05) is 12.6 Å². The average Bonchev–Trinajstić information content (AvgIpc) is 2.77. The number of nitrogens with zero attached hydrogens (tertiary/aromatic N) is 1. The Kier molecular flexibility index (Phi) is 7.62. The number of hydrogen-bond acceptors (Lipinski definition) is 5. The first-order valence-corrected chi connectivity index (χ1v) is 12.5. The molecule has 0 N–H and O–H groups in total. The van der Waals surface area contributed by atoms with Crippen LogP contribution in [0.1, 0.15) is 52.0 Å². The molecular weight excluding hydrogens is 426 g/mol. The highest BCUT2D eigenvalue weighted by atomic mass is 32.2. The molecule has 174 valence electrons. The van der Waals surface area contributed by atoms with Crippen molar-refractivity contribution in [1.29, 1.82) is 0 Å². The van der Waals surface area contributed by atoms with Gasteiger partial charge in [0.15, 0.2) is 0 Å². The van der Waals surface area contributed by atoms with Gasteiger partial charge in [-0.2, -0.15) is 4.31 Å². The third kappa shape index (κ3) is 5.90. The van der Waals surface area contributed by atoms with Gasteiger partial charge >= 0.3 is 5.97 Å². The Balaban J connectivity index is 2.01. The number of ether oxygens (including phenoxy) is 2. The fourth-order valence-electron chi connectivity index (χ4n) is 4.14. The zero-order valence-corrected chi connectivity index (χ0v) is 20.1. The van der Waals surface area contributed by atoms with Crippen LogP contribution in [-0.2, 0) is 26.1 Å². The van der Waals surface area contributed by atoms with Gasteiger partial charge in [-0.15, -0.1) is 0 Å². The predicted octanol–water partition coefficient (Wildman–Crippen LogP) is 4.79. The lowest BCUT2D eigenvalue weighted by molar-refractivity contribution is -0.163. The summed E-state index contributed by atoms with van der Waals surface area (Å²) in [4.78, 5) is 13.3. The van der Waals surface area contributed by atoms with Gasteiger partial charge in [0.05, 0.1) is 17.9 Å². The molecule has 3 rings (SSSR count). The lowest BCUT2D eigenvalue weighted by Crippen LogP contribution is -2.49. The number of carbonyl (C=O) groups is 1. The van der Waals surface area contributed by atoms with Gasteiger partial charge < -0.3 is 9.47 Å². The fourth-order valence-corrected chi connectivity index (χ4v) is 5.81. The van der Waals surface area contributed by atoms with Crippen LogP contribution in [0.15, 0.2) is 59.5 Å². The van der Waals surface area contributed by atoms with E-state index in [1.165, 1.54) is 4.31 Å². The maximum atomic E-state index is 13.8. The van der Waals surface area contributed by atoms with E-state index in [4.69, 9.17) is 9.47 Å². The molecule has 7 heteroatoms. The minimum Gasteiger partial charge on any atom is -0.497 e. The van der Waals surface area contributed by atoms with E-state index in [1.54, 1.807) is 31.4 Å². The van der Waals surface area contributed by atoms with Crippen LogP contribution in [0.4, 0.5) is 0 Å². The van der Waals surface area contributed by atoms with Crippen LogP contribution in [0.2, 0.25) is 0 Å². The zero-order valence-electron chi connectivity index (χ0n) is 19.3. The van der Waals surface area contributed by atoms with Crippen molar-refractivity contribution in [3.05, 3.63) is 60.2 Å². The van der Waals surface area contributed by atoms with E-state index in [1.807, 2.05) is 51.1 Å². The van der Waals surface area contributed by atoms with Crippen molar-refractivity contribution in [3.8, 4) is 5.75 Å². The number of hydrogen-bond donors (Lipinski definition) is 0. The molecule has 0 amide bonds. The van der Waals surface area contributed by atoms with Crippen LogP contribution in [0.5, 0.6) is 5.75 Å². The summed E-state index contributed by atoms with van der Waals surface area (Å²) in [5.41, 5.74) is 0.246. The van der Waals surface area contributed by atoms with E-state index < -0.39 is 27.6 Å². The first kappa shape index (κ1) is 24.3. The van der Waals surface area contributed by atoms with E-state index in [-0.39, 0.29) is 17.4 Å². The van der Waals surface area contributed by atoms with Gasteiger partial charge in [0.2, 0.25) is 10.0 Å². The van der Waals surface area contributed by atoms with Crippen LogP contribution in [0.3, 0.4) is 0 Å². The second-order valence-corrected chi connectivity index (χ2v) is 11.1. The minimum absolute atomic E-state index is 0.183. The maximum Gasteiger partial charge on any atom is 0.311 e. The monoisotopic (exact) mass is 459 g/mol. The van der Waals surface area contributed by atoms with E-state index in [2.05, 4.69) is 0 Å². The second-order valence-electron chi connectivity index (χ2n) is 9.20. The lowest BCUT2D eigenvalue weighted by atomic mass is 9.84. The van der Waals surface area contributed by atoms with Gasteiger partial charge in [0.25, 0.3) is 0 Å². The predicted molar refractivity (Wildman–Crippen MR) is 124 cm³/mol. The van der Waals surface area contributed by atoms with Crippen LogP contribution < -0.4 is 4.74 Å². The quantitative estimate of drug-likeness (QED) is 0.557. The summed E-state index contributed by atoms with van der Waals surface area (Å²) >= 11 is 0. The molecule has 0 saturated heterocycles. The topological polar surface area (TPSA) is 72.9 Å². The third-order valence-electron chi connectivity index (χ3n) is 5.66. The standard InChI is InChI=1S/C25H33NO5S/c1-25(2,3)31-24(27)22-12-8-9-13-23(22)26(18-19-10-6-5-7-11-19)32(28,29)21-16-14-20(30-4)15-17-21/h5-7,10-11,14-17,22-23H,8-9,12-13,18H2,1-4H3/t22-,23-/m0/s1. The molecule has 1 aliphatic carbocycles. The molecule has 0 spiro atoms. The van der Waals surface area contributed by atoms with Gasteiger partial charge in [0.1, 0.15) is 11.4 Å². The number of benzene rings is 2. The van der Waals surface area contributed by atoms with Crippen molar-refractivity contribution in [3.63, 3.8) is 0 Å². The summed E-state index contributed by atoms with van der Waals surface area (Å²) in [7, 11) is -2.32. The smallest absolute Gasteiger partial charge is 0.311 e. The molecule has 1 saturated carbocycles. The van der Waals surface area contributed by atoms with Gasteiger partial charge in [-0.1, -0.05) is 43.2 Å². The minimum atomic E-state index is -3.86. The molecule has 6 nitrogen and oxygen atoms in total. The highest BCUT2D eigenvalue weighted by Crippen LogP contribution is 2.35. The summed E-state index contributed by atoms with van der Waals surface area (Å²) in [6.45, 7) is 5.69. The van der Waals surface area contributed by atoms with Crippen molar-refractivity contribution in [2.24, 2.45) is 5.92 Å². The number of carbonyl (C=O) groups excluding carboxylic acids is 1. The first-order valence-electron chi connectivity index (χ1n) is 11.0. The average molecular weight is 460 g/mol. The number of sulfonamides is 1. The molecule has 32 heavy (non-hydrogen) atoms. The second kappa shape index (κ2) is 10.0. The molecule has 0 aromatic heterocycles. The van der Waals surface area contributed by atoms with Crippen molar-refractivity contribution in [1.82, 2.24) is 4.31 Å². The summed E-state index contributed by atoms with van der Waals surface area (Å²) in [6, 6.07) is 15.4. The van der Waals surface area contributed by atoms with Crippen molar-refractivity contribution >= 4 is 16.0 Å². The van der Waals surface area contributed by atoms with Crippen LogP contribution >= 0.6 is 0 Å². The molecule has 0 bridgehead atoms. The normalized spacial score (nSPS) is 19.5. The number of rotatable bonds is 7. The van der Waals surface area contributed by atoms with E-state index in [0.717, 1.165) is 18.4 Å². The van der Waals surface area contributed by atoms with Gasteiger partial charge in [-0.25, -0.2) is 8.42 Å². The van der Waals surface area contributed by atoms with Crippen LogP contribution in [-0.4, -0.2) is 37.4 Å². The van der Waals surface area contributed by atoms with Crippen LogP contribution in [0.25, 0.3) is 0 Å². The molecule has 0 aliphatic heterocycles. The molecular formula is C25H33NO5S. The van der Waals surface area contributed by atoms with Gasteiger partial charge in [-0.3, -0.25) is 4.79 Å². The zero-order chi connectivity index (χ0) is 23.4. The molecule has 2 aromatic rings. The highest BCUT2D eigenvalue weighted by molar-refractivity contribution is 7.89. The Morgan fingerprint density at radius 1 is 1.00 bits per heavy atom. The van der Waals surface area contributed by atoms with Gasteiger partial charge in [-0.05, 0) is 63.4 Å². The van der Waals surface area contributed by atoms with E-state index in [0.29, 0.717) is 18.6 Å². The summed E-state index contributed by atoms with van der Waals surface area (Å²) in [5, 5.41) is 0. The largest absolute Gasteiger partial charge is 0.497 e. The Morgan fingerprint density at radius 2 is 1.62 bits per heavy atom. The molecule has 2 atom stereocenters. The Morgan fingerprint density at radius 3 is 2.22 bits per heavy atom. The Bertz CT molecular complexity index is 997. The third-order valence-corrected chi connectivity index (χ3v) is 7.54. The molecule has 0 radical (unpaired) electrons. The summed E-state index contributed by atoms with van der Waals surface area (Å²) in [5.74, 6) is -0.243. The summed E-state index contributed by atoms with van der Waals surface area (Å²) in [6.07, 6.45) is 2.98. The SMILES string of the molecule is COc1ccc(S(=O)(=O)N(Cc2ccccc2)[C@H]2CCCC[C@@H]2C(=O)OC(C)(C)C)cc1. The Hall–Kier alpha value is -2.38. The molecule has 1 aliphatic rings. The highest BCUT2D eigenvalue weighted by Gasteiger charge is 2.42. The molecule has 2 aromatic carbocycles. The lowest BCUT2D eigenvalue weighted by Gasteiger charge is -2.39. The Labute approximate surface area is 191 Å².